The summed E-state index contributed by atoms with van der Waals surface area (Å²) >= 11 is 5.98. The summed E-state index contributed by atoms with van der Waals surface area (Å²) in [6.07, 6.45) is 1.81. The number of halogens is 1. The van der Waals surface area contributed by atoms with Gasteiger partial charge in [0.05, 0.1) is 13.2 Å². The lowest BCUT2D eigenvalue weighted by atomic mass is 10.2. The third-order valence-electron chi connectivity index (χ3n) is 2.13. The number of hydrogen-bond acceptors (Lipinski definition) is 4. The third-order valence-corrected chi connectivity index (χ3v) is 2.63. The monoisotopic (exact) mass is 246 g/mol. The number of hydrogen-bond donors (Lipinski definition) is 0. The Hall–Kier alpha value is -1.03. The molecule has 1 aliphatic rings. The molecule has 0 spiro atoms. The first kappa shape index (κ1) is 13.0. The van der Waals surface area contributed by atoms with Crippen LogP contribution in [-0.4, -0.2) is 25.2 Å². The number of rotatable bonds is 5. The lowest BCUT2D eigenvalue weighted by Gasteiger charge is -2.08. The van der Waals surface area contributed by atoms with Crippen molar-refractivity contribution in [2.75, 3.05) is 13.2 Å². The molecule has 1 rings (SSSR count). The molecule has 0 heterocycles. The van der Waals surface area contributed by atoms with Crippen molar-refractivity contribution in [1.29, 1.82) is 0 Å². The Bertz CT molecular complexity index is 298. The van der Waals surface area contributed by atoms with Crippen LogP contribution in [0.5, 0.6) is 0 Å². The van der Waals surface area contributed by atoms with Crippen LogP contribution < -0.4 is 0 Å². The first-order valence-electron chi connectivity index (χ1n) is 5.35. The lowest BCUT2D eigenvalue weighted by molar-refractivity contribution is -0.146. The van der Waals surface area contributed by atoms with Crippen molar-refractivity contribution in [2.24, 2.45) is 5.92 Å². The van der Waals surface area contributed by atoms with Gasteiger partial charge in [0, 0.05) is 5.03 Å². The topological polar surface area (TPSA) is 52.6 Å². The molecule has 0 unspecified atom stereocenters. The molecule has 0 aromatic heterocycles. The number of ether oxygens (including phenoxy) is 2. The standard InChI is InChI=1S/C11H15ClO4/c1-3-15-10(13)8(11(14)16-4-2)9(12)7-5-6-7/h7H,3-6H2,1-2H3. The molecule has 0 saturated heterocycles. The molecule has 0 atom stereocenters. The Labute approximate surface area is 99.5 Å². The second-order valence-corrected chi connectivity index (χ2v) is 3.85. The van der Waals surface area contributed by atoms with Crippen LogP contribution in [0.3, 0.4) is 0 Å². The lowest BCUT2D eigenvalue weighted by Crippen LogP contribution is -2.20. The number of allylic oxidation sites excluding steroid dienone is 1. The first-order chi connectivity index (χ1) is 7.61. The van der Waals surface area contributed by atoms with Gasteiger partial charge in [-0.3, -0.25) is 0 Å². The first-order valence-corrected chi connectivity index (χ1v) is 5.73. The predicted octanol–water partition coefficient (Wildman–Crippen LogP) is 2.02. The van der Waals surface area contributed by atoms with Gasteiger partial charge in [-0.1, -0.05) is 11.6 Å². The summed E-state index contributed by atoms with van der Waals surface area (Å²) in [5.74, 6) is -1.28. The highest BCUT2D eigenvalue weighted by molar-refractivity contribution is 6.35. The normalized spacial score (nSPS) is 14.2. The van der Waals surface area contributed by atoms with Crippen LogP contribution in [0.25, 0.3) is 0 Å². The predicted molar refractivity (Wildman–Crippen MR) is 58.9 cm³/mol. The summed E-state index contributed by atoms with van der Waals surface area (Å²) in [6, 6.07) is 0. The minimum absolute atomic E-state index is 0.116. The van der Waals surface area contributed by atoms with E-state index >= 15 is 0 Å². The molecule has 5 heteroatoms. The highest BCUT2D eigenvalue weighted by Crippen LogP contribution is 2.40. The van der Waals surface area contributed by atoms with Crippen molar-refractivity contribution in [3.63, 3.8) is 0 Å². The summed E-state index contributed by atoms with van der Waals surface area (Å²) in [7, 11) is 0. The van der Waals surface area contributed by atoms with E-state index < -0.39 is 11.9 Å². The quantitative estimate of drug-likeness (QED) is 0.322. The molecule has 4 nitrogen and oxygen atoms in total. The summed E-state index contributed by atoms with van der Waals surface area (Å²) in [5.41, 5.74) is -0.145. The van der Waals surface area contributed by atoms with Crippen LogP contribution in [0.2, 0.25) is 0 Å². The molecule has 16 heavy (non-hydrogen) atoms. The van der Waals surface area contributed by atoms with Gasteiger partial charge in [-0.25, -0.2) is 9.59 Å². The van der Waals surface area contributed by atoms with E-state index in [2.05, 4.69) is 0 Å². The fourth-order valence-electron chi connectivity index (χ4n) is 1.23. The molecule has 0 N–H and O–H groups in total. The van der Waals surface area contributed by atoms with E-state index in [0.29, 0.717) is 0 Å². The fraction of sp³-hybridized carbons (Fsp3) is 0.636. The Kier molecular flexibility index (Phi) is 4.80. The van der Waals surface area contributed by atoms with Gasteiger partial charge >= 0.3 is 11.9 Å². The van der Waals surface area contributed by atoms with E-state index in [-0.39, 0.29) is 29.7 Å². The molecule has 0 bridgehead atoms. The van der Waals surface area contributed by atoms with Gasteiger partial charge in [0.2, 0.25) is 0 Å². The molecule has 0 aliphatic heterocycles. The van der Waals surface area contributed by atoms with Crippen molar-refractivity contribution in [2.45, 2.75) is 26.7 Å². The molecule has 0 aromatic rings. The van der Waals surface area contributed by atoms with E-state index in [1.54, 1.807) is 13.8 Å². The minimum Gasteiger partial charge on any atom is -0.462 e. The van der Waals surface area contributed by atoms with Crippen LogP contribution in [0.15, 0.2) is 10.6 Å². The molecular formula is C11H15ClO4. The van der Waals surface area contributed by atoms with E-state index in [1.165, 1.54) is 0 Å². The Morgan fingerprint density at radius 1 is 1.12 bits per heavy atom. The van der Waals surface area contributed by atoms with Gasteiger partial charge in [-0.2, -0.15) is 0 Å². The van der Waals surface area contributed by atoms with Crippen molar-refractivity contribution < 1.29 is 19.1 Å². The summed E-state index contributed by atoms with van der Waals surface area (Å²) in [5, 5.41) is 0.275. The minimum atomic E-state index is -0.696. The van der Waals surface area contributed by atoms with Crippen LogP contribution >= 0.6 is 11.6 Å². The van der Waals surface area contributed by atoms with Crippen LogP contribution in [0, 0.1) is 5.92 Å². The highest BCUT2D eigenvalue weighted by atomic mass is 35.5. The van der Waals surface area contributed by atoms with Gasteiger partial charge < -0.3 is 9.47 Å². The van der Waals surface area contributed by atoms with Crippen LogP contribution in [0.1, 0.15) is 26.7 Å². The second-order valence-electron chi connectivity index (χ2n) is 3.44. The second kappa shape index (κ2) is 5.89. The van der Waals surface area contributed by atoms with E-state index in [4.69, 9.17) is 21.1 Å². The van der Waals surface area contributed by atoms with E-state index in [1.807, 2.05) is 0 Å². The van der Waals surface area contributed by atoms with Crippen LogP contribution in [-0.2, 0) is 19.1 Å². The molecule has 0 radical (unpaired) electrons. The molecule has 1 saturated carbocycles. The van der Waals surface area contributed by atoms with E-state index in [9.17, 15) is 9.59 Å². The smallest absolute Gasteiger partial charge is 0.346 e. The molecule has 1 fully saturated rings. The zero-order chi connectivity index (χ0) is 12.1. The maximum atomic E-state index is 11.6. The number of esters is 2. The SMILES string of the molecule is CCOC(=O)C(C(=O)OCC)=C(Cl)C1CC1. The molecular weight excluding hydrogens is 232 g/mol. The third kappa shape index (κ3) is 3.23. The summed E-state index contributed by atoms with van der Waals surface area (Å²) < 4.78 is 9.58. The van der Waals surface area contributed by atoms with Crippen molar-refractivity contribution in [1.82, 2.24) is 0 Å². The van der Waals surface area contributed by atoms with E-state index in [0.717, 1.165) is 12.8 Å². The van der Waals surface area contributed by atoms with Crippen molar-refractivity contribution >= 4 is 23.5 Å². The van der Waals surface area contributed by atoms with Gasteiger partial charge in [-0.05, 0) is 32.6 Å². The van der Waals surface area contributed by atoms with Crippen LogP contribution in [0.4, 0.5) is 0 Å². The zero-order valence-electron chi connectivity index (χ0n) is 9.42. The molecule has 0 aromatic carbocycles. The van der Waals surface area contributed by atoms with Gasteiger partial charge in [-0.15, -0.1) is 0 Å². The molecule has 90 valence electrons. The van der Waals surface area contributed by atoms with Gasteiger partial charge in [0.15, 0.2) is 5.57 Å². The van der Waals surface area contributed by atoms with Crippen molar-refractivity contribution in [3.05, 3.63) is 10.6 Å². The Morgan fingerprint density at radius 2 is 1.56 bits per heavy atom. The molecule has 0 amide bonds. The fourth-order valence-corrected chi connectivity index (χ4v) is 1.60. The maximum Gasteiger partial charge on any atom is 0.346 e. The average molecular weight is 247 g/mol. The Morgan fingerprint density at radius 3 is 1.88 bits per heavy atom. The zero-order valence-corrected chi connectivity index (χ0v) is 10.2. The average Bonchev–Trinajstić information content (AvgIpc) is 3.01. The largest absolute Gasteiger partial charge is 0.462 e. The van der Waals surface area contributed by atoms with Gasteiger partial charge in [0.1, 0.15) is 0 Å². The summed E-state index contributed by atoms with van der Waals surface area (Å²) in [4.78, 5) is 23.1. The highest BCUT2D eigenvalue weighted by Gasteiger charge is 2.34. The Balaban J connectivity index is 2.88. The summed E-state index contributed by atoms with van der Waals surface area (Å²) in [6.45, 7) is 3.75. The molecule has 1 aliphatic carbocycles. The number of carbonyl (C=O) groups excluding carboxylic acids is 2. The maximum absolute atomic E-state index is 11.6. The van der Waals surface area contributed by atoms with Crippen molar-refractivity contribution in [3.8, 4) is 0 Å². The van der Waals surface area contributed by atoms with Gasteiger partial charge in [0.25, 0.3) is 0 Å². The number of carbonyl (C=O) groups is 2.